The number of halogens is 44. The minimum atomic E-state index is -11.2. The summed E-state index contributed by atoms with van der Waals surface area (Å²) in [6.07, 6.45) is -83.4. The number of hydrogen-bond acceptors (Lipinski definition) is 5. The first kappa shape index (κ1) is 67.7. The van der Waals surface area contributed by atoms with Gasteiger partial charge in [0.15, 0.2) is 0 Å². The van der Waals surface area contributed by atoms with E-state index in [-0.39, 0.29) is 0 Å². The highest BCUT2D eigenvalue weighted by atomic mass is 19.5. The van der Waals surface area contributed by atoms with Crippen molar-refractivity contribution < 1.29 is 218 Å². The van der Waals surface area contributed by atoms with Crippen LogP contribution in [0.4, 0.5) is 193 Å². The summed E-state index contributed by atoms with van der Waals surface area (Å²) in [7, 11) is 0. The second kappa shape index (κ2) is 16.6. The number of hydrogen-bond donors (Lipinski definition) is 2. The van der Waals surface area contributed by atoms with E-state index >= 15 is 4.39 Å². The monoisotopic (exact) mass is 1180 g/mol. The van der Waals surface area contributed by atoms with Crippen LogP contribution in [0.2, 0.25) is 0 Å². The van der Waals surface area contributed by atoms with Crippen molar-refractivity contribution in [1.29, 1.82) is 0 Å². The molecule has 5 unspecified atom stereocenters. The molecule has 0 aromatic rings. The van der Waals surface area contributed by atoms with Gasteiger partial charge in [0.2, 0.25) is 0 Å². The van der Waals surface area contributed by atoms with Gasteiger partial charge >= 0.3 is 132 Å². The van der Waals surface area contributed by atoms with E-state index in [0.29, 0.717) is 9.47 Å². The maximum atomic E-state index is 15.3. The number of ether oxygens (including phenoxy) is 3. The fourth-order valence-electron chi connectivity index (χ4n) is 3.97. The average molecular weight is 1180 g/mol. The molecule has 2 N–H and O–H groups in total. The van der Waals surface area contributed by atoms with E-state index in [1.54, 1.807) is 0 Å². The highest BCUT2D eigenvalue weighted by Crippen LogP contribution is 2.71. The van der Waals surface area contributed by atoms with Crippen LogP contribution in [0.3, 0.4) is 0 Å². The maximum Gasteiger partial charge on any atom is 0.460 e. The topological polar surface area (TPSA) is 68.2 Å². The predicted molar refractivity (Wildman–Crippen MR) is 117 cm³/mol. The van der Waals surface area contributed by atoms with E-state index in [1.165, 1.54) is 0 Å². The van der Waals surface area contributed by atoms with Crippen LogP contribution < -0.4 is 0 Å². The first-order valence-electron chi connectivity index (χ1n) is 14.5. The molecule has 0 heterocycles. The summed E-state index contributed by atoms with van der Waals surface area (Å²) in [4.78, 5) is 0. The summed E-state index contributed by atoms with van der Waals surface area (Å²) in [6, 6.07) is 0. The Morgan fingerprint density at radius 2 is 0.394 bits per heavy atom. The van der Waals surface area contributed by atoms with Gasteiger partial charge in [-0.1, -0.05) is 0 Å². The molecule has 49 heteroatoms. The lowest BCUT2D eigenvalue weighted by Gasteiger charge is -2.50. The van der Waals surface area contributed by atoms with Crippen LogP contribution in [-0.4, -0.2) is 142 Å². The molecule has 0 bridgehead atoms. The molecule has 0 spiro atoms. The van der Waals surface area contributed by atoms with Crippen molar-refractivity contribution in [3.05, 3.63) is 0 Å². The maximum absolute atomic E-state index is 15.3. The molecule has 0 aliphatic heterocycles. The third-order valence-electron chi connectivity index (χ3n) is 7.82. The zero-order valence-electron chi connectivity index (χ0n) is 29.7. The number of aliphatic hydroxyl groups is 2. The average Bonchev–Trinajstić information content (AvgIpc) is 3.06. The number of alkyl halides is 44. The molecule has 0 fully saturated rings. The Kier molecular flexibility index (Phi) is 15.8. The Morgan fingerprint density at radius 3 is 0.606 bits per heavy atom. The first-order chi connectivity index (χ1) is 29.6. The number of rotatable bonds is 19. The lowest BCUT2D eigenvalue weighted by Crippen LogP contribution is -2.84. The highest BCUT2D eigenvalue weighted by molar-refractivity contribution is 5.25. The van der Waals surface area contributed by atoms with Crippen LogP contribution in [0.25, 0.3) is 0 Å². The van der Waals surface area contributed by atoms with Gasteiger partial charge in [-0.25, -0.2) is 4.39 Å². The van der Waals surface area contributed by atoms with Crippen LogP contribution in [0.5, 0.6) is 0 Å². The molecule has 0 rings (SSSR count). The predicted octanol–water partition coefficient (Wildman–Crippen LogP) is 12.7. The molecule has 428 valence electrons. The lowest BCUT2D eigenvalue weighted by atomic mass is 9.75. The molecule has 71 heavy (non-hydrogen) atoms. The summed E-state index contributed by atoms with van der Waals surface area (Å²) in [5.74, 6) is -122. The van der Waals surface area contributed by atoms with Gasteiger partial charge in [0.05, 0.1) is 0 Å². The Bertz CT molecular complexity index is 1880. The van der Waals surface area contributed by atoms with E-state index in [1.807, 2.05) is 0 Å². The largest absolute Gasteiger partial charge is 0.460 e. The van der Waals surface area contributed by atoms with Gasteiger partial charge in [0, 0.05) is 0 Å². The molecule has 0 aliphatic rings. The second-order valence-electron chi connectivity index (χ2n) is 12.5. The molecule has 0 amide bonds. The summed E-state index contributed by atoms with van der Waals surface area (Å²) < 4.78 is 602. The fourth-order valence-corrected chi connectivity index (χ4v) is 3.97. The standard InChI is InChI=1S/C22H2F44O5/c23-1(3(26,27)14(44,45)46,2(24,25)4(28,29)5(30,31)6(32,33)7(34,35)8(36,37)9(38,39)15(47,48)49)10(40,67)20(61,62)70-12(42,17(53,54)55)22(65,66)71-13(43,18(56,57)58)21(63,64)69-11(41,16(50,51)52)19(59,60)68/h67-68H. The van der Waals surface area contributed by atoms with E-state index in [4.69, 9.17) is 10.2 Å². The molecule has 5 atom stereocenters. The minimum Gasteiger partial charge on any atom is -0.352 e. The molecular formula is C22H2F44O5. The van der Waals surface area contributed by atoms with Gasteiger partial charge in [0.25, 0.3) is 0 Å². The van der Waals surface area contributed by atoms with Crippen molar-refractivity contribution in [2.45, 2.75) is 132 Å². The SMILES string of the molecule is OC(F)(F)C(F)(OC(F)(F)C(F)(OC(F)(F)C(F)(OC(F)(F)C(O)(F)C(F)(C(F)(F)C(F)(F)F)C(F)(F)C(F)(F)C(F)(F)C(F)(F)C(F)(F)C(F)(F)C(F)(F)C(F)(F)F)C(F)(F)F)C(F)(F)F)C(F)(F)F. The third kappa shape index (κ3) is 8.95. The van der Waals surface area contributed by atoms with Gasteiger partial charge < -0.3 is 10.2 Å². The van der Waals surface area contributed by atoms with Crippen LogP contribution in [0.15, 0.2) is 0 Å². The molecule has 0 aromatic carbocycles. The Morgan fingerprint density at radius 1 is 0.197 bits per heavy atom. The van der Waals surface area contributed by atoms with E-state index < -0.39 is 132 Å². The smallest absolute Gasteiger partial charge is 0.352 e. The van der Waals surface area contributed by atoms with Crippen molar-refractivity contribution in [1.82, 2.24) is 0 Å². The Labute approximate surface area is 351 Å². The van der Waals surface area contributed by atoms with Gasteiger partial charge in [0.1, 0.15) is 0 Å². The van der Waals surface area contributed by atoms with Crippen molar-refractivity contribution in [3.8, 4) is 0 Å². The van der Waals surface area contributed by atoms with Crippen molar-refractivity contribution in [2.24, 2.45) is 0 Å². The van der Waals surface area contributed by atoms with Gasteiger partial charge in [-0.05, 0) is 0 Å². The van der Waals surface area contributed by atoms with E-state index in [0.717, 1.165) is 4.74 Å². The van der Waals surface area contributed by atoms with Gasteiger partial charge in [-0.15, -0.1) is 0 Å². The van der Waals surface area contributed by atoms with Crippen molar-refractivity contribution in [2.75, 3.05) is 0 Å². The molecular weight excluding hydrogens is 1180 g/mol. The Balaban J connectivity index is 8.81. The van der Waals surface area contributed by atoms with Gasteiger partial charge in [-0.2, -0.15) is 189 Å². The Hall–Kier alpha value is -3.28. The van der Waals surface area contributed by atoms with Crippen LogP contribution in [0, 0.1) is 0 Å². The fraction of sp³-hybridized carbons (Fsp3) is 1.00. The highest BCUT2D eigenvalue weighted by Gasteiger charge is 3.03. The lowest BCUT2D eigenvalue weighted by molar-refractivity contribution is -0.591. The van der Waals surface area contributed by atoms with Crippen molar-refractivity contribution >= 4 is 0 Å². The molecule has 0 saturated carbocycles. The summed E-state index contributed by atoms with van der Waals surface area (Å²) in [5.41, 5.74) is -11.2. The third-order valence-corrected chi connectivity index (χ3v) is 7.82. The van der Waals surface area contributed by atoms with Crippen LogP contribution >= 0.6 is 0 Å². The van der Waals surface area contributed by atoms with E-state index in [9.17, 15) is 189 Å². The van der Waals surface area contributed by atoms with Gasteiger partial charge in [-0.3, -0.25) is 14.2 Å². The van der Waals surface area contributed by atoms with E-state index in [2.05, 4.69) is 0 Å². The van der Waals surface area contributed by atoms with Crippen molar-refractivity contribution in [3.63, 3.8) is 0 Å². The second-order valence-corrected chi connectivity index (χ2v) is 12.5. The zero-order valence-corrected chi connectivity index (χ0v) is 29.7. The molecule has 5 nitrogen and oxygen atoms in total. The molecule has 0 saturated heterocycles. The summed E-state index contributed by atoms with van der Waals surface area (Å²) in [5, 5.41) is 16.4. The normalized spacial score (nSPS) is 20.7. The first-order valence-corrected chi connectivity index (χ1v) is 14.5. The molecule has 0 aliphatic carbocycles. The van der Waals surface area contributed by atoms with Crippen LogP contribution in [0.1, 0.15) is 0 Å². The summed E-state index contributed by atoms with van der Waals surface area (Å²) in [6.45, 7) is 0. The molecule has 0 radical (unpaired) electrons. The quantitative estimate of drug-likeness (QED) is 0.126. The zero-order chi connectivity index (χ0) is 59.1. The van der Waals surface area contributed by atoms with Crippen LogP contribution in [-0.2, 0) is 14.2 Å². The molecule has 0 aromatic heterocycles. The minimum absolute atomic E-state index is 0.361. The summed E-state index contributed by atoms with van der Waals surface area (Å²) >= 11 is 0.